The van der Waals surface area contributed by atoms with Crippen molar-refractivity contribution < 1.29 is 13.8 Å². The number of hydrogen-bond donors (Lipinski definition) is 2. The van der Waals surface area contributed by atoms with Crippen molar-refractivity contribution in [3.63, 3.8) is 0 Å². The van der Waals surface area contributed by atoms with E-state index in [1.165, 1.54) is 0 Å². The molecule has 1 aromatic heterocycles. The van der Waals surface area contributed by atoms with Crippen molar-refractivity contribution in [2.75, 3.05) is 0 Å². The van der Waals surface area contributed by atoms with E-state index >= 15 is 0 Å². The van der Waals surface area contributed by atoms with Crippen molar-refractivity contribution in [3.8, 4) is 0 Å². The molecular formula is C3H4N4O4. The third-order valence-electron chi connectivity index (χ3n) is 0.696. The van der Waals surface area contributed by atoms with Crippen LogP contribution in [0.15, 0.2) is 18.8 Å². The second kappa shape index (κ2) is 2.33. The Morgan fingerprint density at radius 2 is 2.00 bits per heavy atom. The predicted molar refractivity (Wildman–Crippen MR) is 31.8 cm³/mol. The molecule has 0 saturated carbocycles. The smallest absolute Gasteiger partial charge is 0.370 e. The van der Waals surface area contributed by atoms with Crippen LogP contribution in [0.4, 0.5) is 4.79 Å². The summed E-state index contributed by atoms with van der Waals surface area (Å²) in [7, 11) is 0. The second-order valence-electron chi connectivity index (χ2n) is 1.51. The maximum Gasteiger partial charge on any atom is 0.564 e. The van der Waals surface area contributed by atoms with Gasteiger partial charge in [-0.1, -0.05) is 0 Å². The third-order valence-corrected chi connectivity index (χ3v) is 0.696. The van der Waals surface area contributed by atoms with Crippen LogP contribution in [0.1, 0.15) is 0 Å². The van der Waals surface area contributed by atoms with Gasteiger partial charge in [-0.15, -0.1) is 0 Å². The summed E-state index contributed by atoms with van der Waals surface area (Å²) in [6.07, 6.45) is 0. The Kier molecular flexibility index (Phi) is 1.51. The minimum atomic E-state index is -0.996. The summed E-state index contributed by atoms with van der Waals surface area (Å²) in [5.74, 6) is -1.43. The van der Waals surface area contributed by atoms with Crippen molar-refractivity contribution in [2.24, 2.45) is 16.5 Å². The molecule has 1 amide bonds. The number of carbonyl (C=O) groups excluding carboxylic acids is 1. The first-order chi connectivity index (χ1) is 5.09. The first-order valence-corrected chi connectivity index (χ1v) is 2.43. The molecule has 0 radical (unpaired) electrons. The van der Waals surface area contributed by atoms with Crippen molar-refractivity contribution in [1.29, 1.82) is 0 Å². The maximum absolute atomic E-state index is 10.6. The summed E-state index contributed by atoms with van der Waals surface area (Å²) in [5.41, 5.74) is 9.66. The molecule has 0 unspecified atom stereocenters. The fourth-order valence-electron chi connectivity index (χ4n) is 0.372. The van der Waals surface area contributed by atoms with Gasteiger partial charge < -0.3 is 11.5 Å². The molecular weight excluding hydrogens is 156 g/mol. The van der Waals surface area contributed by atoms with Crippen LogP contribution in [-0.4, -0.2) is 16.9 Å². The standard InChI is InChI=1S/C3H4N4O4/c4-1(5)6-2(8)7-10-3(9)11-7/h(H4,4,5,6,8). The van der Waals surface area contributed by atoms with Gasteiger partial charge in [0, 0.05) is 4.91 Å². The maximum atomic E-state index is 10.6. The van der Waals surface area contributed by atoms with Gasteiger partial charge in [0.15, 0.2) is 5.96 Å². The lowest BCUT2D eigenvalue weighted by molar-refractivity contribution is -0.0419. The highest BCUT2D eigenvalue weighted by Crippen LogP contribution is 1.86. The lowest BCUT2D eigenvalue weighted by atomic mass is 11.0. The molecule has 8 heteroatoms. The Balaban J connectivity index is 2.75. The average molecular weight is 160 g/mol. The highest BCUT2D eigenvalue weighted by atomic mass is 16.8. The molecule has 0 aliphatic heterocycles. The van der Waals surface area contributed by atoms with Crippen LogP contribution >= 0.6 is 0 Å². The number of amides is 1. The van der Waals surface area contributed by atoms with Crippen molar-refractivity contribution >= 4 is 12.0 Å². The Bertz CT molecular complexity index is 321. The largest absolute Gasteiger partial charge is 0.564 e. The SMILES string of the molecule is NC(N)=NC(=O)n1oc(=O)o1. The molecule has 0 fully saturated rings. The first kappa shape index (κ1) is 7.12. The van der Waals surface area contributed by atoms with E-state index in [2.05, 4.69) is 14.0 Å². The topological polar surface area (TPSA) is 130 Å². The van der Waals surface area contributed by atoms with Crippen molar-refractivity contribution in [1.82, 2.24) is 4.91 Å². The van der Waals surface area contributed by atoms with Gasteiger partial charge in [0.1, 0.15) is 0 Å². The number of nitrogens with zero attached hydrogens (tertiary/aromatic N) is 2. The summed E-state index contributed by atoms with van der Waals surface area (Å²) in [4.78, 5) is 23.8. The van der Waals surface area contributed by atoms with Crippen LogP contribution in [0.3, 0.4) is 0 Å². The van der Waals surface area contributed by atoms with E-state index in [9.17, 15) is 9.59 Å². The summed E-state index contributed by atoms with van der Waals surface area (Å²) in [6.45, 7) is 0. The highest BCUT2D eigenvalue weighted by Gasteiger charge is 2.11. The summed E-state index contributed by atoms with van der Waals surface area (Å²) in [5, 5.41) is 0. The molecule has 1 heterocycles. The zero-order valence-electron chi connectivity index (χ0n) is 5.18. The lowest BCUT2D eigenvalue weighted by Crippen LogP contribution is -2.28. The van der Waals surface area contributed by atoms with Gasteiger partial charge in [0.05, 0.1) is 0 Å². The number of carbonyl (C=O) groups is 1. The van der Waals surface area contributed by atoms with Crippen molar-refractivity contribution in [3.05, 3.63) is 10.6 Å². The minimum Gasteiger partial charge on any atom is -0.370 e. The molecule has 0 aromatic carbocycles. The lowest BCUT2D eigenvalue weighted by Gasteiger charge is -1.95. The molecule has 0 spiro atoms. The monoisotopic (exact) mass is 160 g/mol. The Labute approximate surface area is 59.0 Å². The molecule has 0 bridgehead atoms. The minimum absolute atomic E-state index is 0.252. The second-order valence-corrected chi connectivity index (χ2v) is 1.51. The van der Waals surface area contributed by atoms with Crippen LogP contribution in [-0.2, 0) is 0 Å². The van der Waals surface area contributed by atoms with Gasteiger partial charge in [-0.05, 0) is 0 Å². The molecule has 0 saturated heterocycles. The van der Waals surface area contributed by atoms with E-state index in [0.717, 1.165) is 0 Å². The van der Waals surface area contributed by atoms with Crippen LogP contribution in [0.25, 0.3) is 0 Å². The van der Waals surface area contributed by atoms with E-state index in [4.69, 9.17) is 11.5 Å². The molecule has 4 N–H and O–H groups in total. The Morgan fingerprint density at radius 1 is 1.45 bits per heavy atom. The molecule has 8 nitrogen and oxygen atoms in total. The number of nitrogens with two attached hydrogens (primary N) is 2. The van der Waals surface area contributed by atoms with Crippen LogP contribution in [0, 0.1) is 0 Å². The van der Waals surface area contributed by atoms with Gasteiger partial charge in [-0.3, -0.25) is 9.05 Å². The fraction of sp³-hybridized carbons (Fsp3) is 0. The molecule has 60 valence electrons. The van der Waals surface area contributed by atoms with E-state index in [-0.39, 0.29) is 4.91 Å². The van der Waals surface area contributed by atoms with Gasteiger partial charge in [0.2, 0.25) is 0 Å². The predicted octanol–water partition coefficient (Wildman–Crippen LogP) is -1.72. The van der Waals surface area contributed by atoms with Gasteiger partial charge >= 0.3 is 11.9 Å². The number of aromatic nitrogens is 1. The summed E-state index contributed by atoms with van der Waals surface area (Å²) in [6, 6.07) is -0.996. The van der Waals surface area contributed by atoms with Crippen LogP contribution in [0.2, 0.25) is 0 Å². The van der Waals surface area contributed by atoms with Crippen LogP contribution < -0.4 is 17.3 Å². The molecule has 0 aliphatic rings. The van der Waals surface area contributed by atoms with Gasteiger partial charge in [0.25, 0.3) is 0 Å². The number of guanidine groups is 1. The molecule has 0 aliphatic carbocycles. The third kappa shape index (κ3) is 1.47. The molecule has 11 heavy (non-hydrogen) atoms. The molecule has 0 atom stereocenters. The summed E-state index contributed by atoms with van der Waals surface area (Å²) < 4.78 is 8.01. The zero-order chi connectivity index (χ0) is 8.43. The average Bonchev–Trinajstić information content (AvgIpc) is 1.79. The number of aliphatic imine (C=N–C) groups is 1. The van der Waals surface area contributed by atoms with Gasteiger partial charge in [-0.2, -0.15) is 9.79 Å². The Hall–Kier alpha value is -1.99. The van der Waals surface area contributed by atoms with E-state index in [1.54, 1.807) is 0 Å². The Morgan fingerprint density at radius 3 is 2.36 bits per heavy atom. The number of rotatable bonds is 0. The highest BCUT2D eigenvalue weighted by molar-refractivity contribution is 5.90. The summed E-state index contributed by atoms with van der Waals surface area (Å²) >= 11 is 0. The van der Waals surface area contributed by atoms with E-state index < -0.39 is 17.8 Å². The first-order valence-electron chi connectivity index (χ1n) is 2.43. The van der Waals surface area contributed by atoms with E-state index in [0.29, 0.717) is 0 Å². The normalized spacial score (nSPS) is 9.45. The van der Waals surface area contributed by atoms with E-state index in [1.807, 2.05) is 0 Å². The fourth-order valence-corrected chi connectivity index (χ4v) is 0.372. The van der Waals surface area contributed by atoms with Gasteiger partial charge in [-0.25, -0.2) is 4.79 Å². The molecule has 1 rings (SSSR count). The molecule has 1 aromatic rings. The zero-order valence-corrected chi connectivity index (χ0v) is 5.18. The van der Waals surface area contributed by atoms with Crippen molar-refractivity contribution in [2.45, 2.75) is 0 Å². The van der Waals surface area contributed by atoms with Crippen LogP contribution in [0.5, 0.6) is 0 Å². The quantitative estimate of drug-likeness (QED) is 0.342. The number of hydrogen-bond acceptors (Lipinski definition) is 4.